The number of likely N-dealkylation sites (N-methyl/N-ethyl adjacent to an activating group) is 1. The summed E-state index contributed by atoms with van der Waals surface area (Å²) in [6.07, 6.45) is 0. The molecule has 1 aliphatic heterocycles. The molecule has 0 saturated heterocycles. The minimum atomic E-state index is -0.838. The Morgan fingerprint density at radius 3 is 2.79 bits per heavy atom. The molecule has 1 amide bonds. The maximum Gasteiger partial charge on any atom is 0.360 e. The summed E-state index contributed by atoms with van der Waals surface area (Å²) in [6, 6.07) is 4.94. The second-order valence-corrected chi connectivity index (χ2v) is 4.47. The molecule has 0 spiro atoms. The Morgan fingerprint density at radius 1 is 1.47 bits per heavy atom. The van der Waals surface area contributed by atoms with Crippen LogP contribution in [0.25, 0.3) is 5.76 Å². The molecule has 0 radical (unpaired) electrons. The number of quaternary nitrogens is 1. The molecule has 19 heavy (non-hydrogen) atoms. The number of carbonyl (C=O) groups excluding carboxylic acids is 2. The number of fused-ring (bicyclic) bond motifs is 1. The van der Waals surface area contributed by atoms with Crippen LogP contribution in [0.1, 0.15) is 12.5 Å². The Morgan fingerprint density at radius 2 is 2.16 bits per heavy atom. The summed E-state index contributed by atoms with van der Waals surface area (Å²) in [6.45, 7) is 1.75. The molecule has 1 aromatic carbocycles. The lowest BCUT2D eigenvalue weighted by atomic mass is 10.00. The van der Waals surface area contributed by atoms with Gasteiger partial charge in [-0.1, -0.05) is 17.7 Å². The van der Waals surface area contributed by atoms with Crippen LogP contribution in [0.15, 0.2) is 23.8 Å². The van der Waals surface area contributed by atoms with Gasteiger partial charge in [0, 0.05) is 6.07 Å². The van der Waals surface area contributed by atoms with Gasteiger partial charge in [-0.05, 0) is 13.0 Å². The lowest BCUT2D eigenvalue weighted by molar-refractivity contribution is -0.722. The van der Waals surface area contributed by atoms with Gasteiger partial charge in [0.2, 0.25) is 5.57 Å². The quantitative estimate of drug-likeness (QED) is 0.624. The number of aliphatic hydroxyl groups is 1. The van der Waals surface area contributed by atoms with Crippen molar-refractivity contribution in [1.29, 1.82) is 0 Å². The van der Waals surface area contributed by atoms with Crippen molar-refractivity contribution in [2.24, 2.45) is 0 Å². The SMILES string of the molecule is CCOC(=O)C1=C(O)c2c(Cl)cccc2[NH+](C)C1=O. The summed E-state index contributed by atoms with van der Waals surface area (Å²) in [5.74, 6) is -1.80. The van der Waals surface area contributed by atoms with Gasteiger partial charge in [0.15, 0.2) is 11.4 Å². The zero-order chi connectivity index (χ0) is 14.2. The van der Waals surface area contributed by atoms with Crippen LogP contribution in [0.2, 0.25) is 5.02 Å². The monoisotopic (exact) mass is 282 g/mol. The van der Waals surface area contributed by atoms with Crippen molar-refractivity contribution in [2.75, 3.05) is 13.7 Å². The van der Waals surface area contributed by atoms with Crippen molar-refractivity contribution < 1.29 is 24.3 Å². The zero-order valence-electron chi connectivity index (χ0n) is 10.5. The molecule has 100 valence electrons. The van der Waals surface area contributed by atoms with Gasteiger partial charge in [-0.2, -0.15) is 0 Å². The van der Waals surface area contributed by atoms with Gasteiger partial charge in [-0.15, -0.1) is 0 Å². The van der Waals surface area contributed by atoms with Gasteiger partial charge in [0.1, 0.15) is 0 Å². The van der Waals surface area contributed by atoms with E-state index < -0.39 is 17.6 Å². The molecule has 0 bridgehead atoms. The van der Waals surface area contributed by atoms with Crippen LogP contribution >= 0.6 is 11.6 Å². The van der Waals surface area contributed by atoms with Gasteiger partial charge in [-0.3, -0.25) is 0 Å². The highest BCUT2D eigenvalue weighted by Gasteiger charge is 2.40. The average molecular weight is 283 g/mol. The van der Waals surface area contributed by atoms with Crippen LogP contribution in [0.5, 0.6) is 0 Å². The fraction of sp³-hybridized carbons (Fsp3) is 0.231. The predicted octanol–water partition coefficient (Wildman–Crippen LogP) is 0.859. The van der Waals surface area contributed by atoms with Gasteiger partial charge < -0.3 is 9.84 Å². The number of aliphatic hydroxyl groups excluding tert-OH is 1. The van der Waals surface area contributed by atoms with Crippen molar-refractivity contribution in [2.45, 2.75) is 6.92 Å². The third kappa shape index (κ3) is 2.11. The van der Waals surface area contributed by atoms with E-state index in [-0.39, 0.29) is 17.2 Å². The van der Waals surface area contributed by atoms with E-state index in [4.69, 9.17) is 16.3 Å². The van der Waals surface area contributed by atoms with Gasteiger partial charge >= 0.3 is 11.9 Å². The second kappa shape index (κ2) is 5.03. The highest BCUT2D eigenvalue weighted by molar-refractivity contribution is 6.33. The molecular weight excluding hydrogens is 270 g/mol. The van der Waals surface area contributed by atoms with E-state index in [0.29, 0.717) is 16.2 Å². The molecule has 1 unspecified atom stereocenters. The standard InChI is InChI=1S/C13H12ClNO4/c1-3-19-13(18)10-11(16)9-7(14)5-4-6-8(9)15(2)12(10)17/h4-6,16H,3H2,1-2H3/p+1. The summed E-state index contributed by atoms with van der Waals surface area (Å²) >= 11 is 6.03. The van der Waals surface area contributed by atoms with E-state index in [9.17, 15) is 14.7 Å². The highest BCUT2D eigenvalue weighted by Crippen LogP contribution is 2.32. The number of ether oxygens (including phenoxy) is 1. The van der Waals surface area contributed by atoms with Crippen LogP contribution in [-0.4, -0.2) is 30.6 Å². The molecule has 2 N–H and O–H groups in total. The summed E-state index contributed by atoms with van der Waals surface area (Å²) in [7, 11) is 1.59. The molecule has 0 aromatic heterocycles. The van der Waals surface area contributed by atoms with E-state index in [1.54, 1.807) is 32.2 Å². The fourth-order valence-electron chi connectivity index (χ4n) is 2.01. The number of amides is 1. The van der Waals surface area contributed by atoms with E-state index in [0.717, 1.165) is 0 Å². The summed E-state index contributed by atoms with van der Waals surface area (Å²) < 4.78 is 4.79. The van der Waals surface area contributed by atoms with Crippen LogP contribution in [0, 0.1) is 0 Å². The molecule has 1 aliphatic rings. The minimum absolute atomic E-state index is 0.122. The normalized spacial score (nSPS) is 18.3. The first-order valence-electron chi connectivity index (χ1n) is 5.76. The summed E-state index contributed by atoms with van der Waals surface area (Å²) in [5.41, 5.74) is 0.465. The maximum absolute atomic E-state index is 12.1. The van der Waals surface area contributed by atoms with Gasteiger partial charge in [0.25, 0.3) is 0 Å². The second-order valence-electron chi connectivity index (χ2n) is 4.06. The van der Waals surface area contributed by atoms with Crippen molar-refractivity contribution in [3.8, 4) is 0 Å². The Hall–Kier alpha value is -1.85. The summed E-state index contributed by atoms with van der Waals surface area (Å²) in [4.78, 5) is 24.3. The number of nitrogens with one attached hydrogen (secondary N) is 1. The first-order chi connectivity index (χ1) is 8.99. The van der Waals surface area contributed by atoms with Crippen LogP contribution in [-0.2, 0) is 14.3 Å². The summed E-state index contributed by atoms with van der Waals surface area (Å²) in [5, 5.41) is 10.4. The average Bonchev–Trinajstić information content (AvgIpc) is 2.36. The zero-order valence-corrected chi connectivity index (χ0v) is 11.2. The molecular formula is C13H13ClNO4+. The number of hydrogen-bond acceptors (Lipinski definition) is 4. The predicted molar refractivity (Wildman–Crippen MR) is 69.2 cm³/mol. The number of rotatable bonds is 2. The Labute approximate surface area is 115 Å². The van der Waals surface area contributed by atoms with Crippen molar-refractivity contribution in [3.63, 3.8) is 0 Å². The van der Waals surface area contributed by atoms with Crippen LogP contribution < -0.4 is 4.90 Å². The number of benzene rings is 1. The van der Waals surface area contributed by atoms with Gasteiger partial charge in [-0.25, -0.2) is 14.5 Å². The molecule has 1 heterocycles. The highest BCUT2D eigenvalue weighted by atomic mass is 35.5. The lowest BCUT2D eigenvalue weighted by Gasteiger charge is -2.22. The molecule has 6 heteroatoms. The van der Waals surface area contributed by atoms with Crippen LogP contribution in [0.3, 0.4) is 0 Å². The van der Waals surface area contributed by atoms with E-state index in [2.05, 4.69) is 0 Å². The number of esters is 1. The Bertz CT molecular complexity index is 594. The first-order valence-corrected chi connectivity index (χ1v) is 6.14. The van der Waals surface area contributed by atoms with E-state index in [1.165, 1.54) is 0 Å². The number of halogens is 1. The van der Waals surface area contributed by atoms with E-state index >= 15 is 0 Å². The van der Waals surface area contributed by atoms with E-state index in [1.807, 2.05) is 0 Å². The third-order valence-corrected chi connectivity index (χ3v) is 3.25. The Kier molecular flexibility index (Phi) is 3.59. The lowest BCUT2D eigenvalue weighted by Crippen LogP contribution is -3.08. The topological polar surface area (TPSA) is 68.0 Å². The molecule has 5 nitrogen and oxygen atoms in total. The van der Waals surface area contributed by atoms with Crippen LogP contribution in [0.4, 0.5) is 5.69 Å². The number of hydrogen-bond donors (Lipinski definition) is 2. The van der Waals surface area contributed by atoms with Gasteiger partial charge in [0.05, 0.1) is 24.2 Å². The maximum atomic E-state index is 12.1. The Balaban J connectivity index is 2.66. The van der Waals surface area contributed by atoms with Crippen molar-refractivity contribution in [1.82, 2.24) is 0 Å². The molecule has 2 rings (SSSR count). The molecule has 1 aromatic rings. The fourth-order valence-corrected chi connectivity index (χ4v) is 2.28. The molecule has 0 saturated carbocycles. The molecule has 0 fully saturated rings. The largest absolute Gasteiger partial charge is 0.506 e. The molecule has 1 atom stereocenters. The first kappa shape index (κ1) is 13.6. The van der Waals surface area contributed by atoms with Crippen molar-refractivity contribution >= 4 is 34.9 Å². The molecule has 0 aliphatic carbocycles. The smallest absolute Gasteiger partial charge is 0.360 e. The van der Waals surface area contributed by atoms with Crippen molar-refractivity contribution in [3.05, 3.63) is 34.4 Å². The third-order valence-electron chi connectivity index (χ3n) is 2.94. The number of carbonyl (C=O) groups is 2. The minimum Gasteiger partial charge on any atom is -0.506 e.